The number of hydrogen-bond acceptors (Lipinski definition) is 3. The van der Waals surface area contributed by atoms with Gasteiger partial charge in [-0.1, -0.05) is 12.8 Å². The lowest BCUT2D eigenvalue weighted by Gasteiger charge is -2.28. The first-order valence-electron chi connectivity index (χ1n) is 5.92. The Morgan fingerprint density at radius 3 is 2.67 bits per heavy atom. The van der Waals surface area contributed by atoms with Gasteiger partial charge in [-0.05, 0) is 25.7 Å². The van der Waals surface area contributed by atoms with Crippen molar-refractivity contribution >= 4 is 5.91 Å². The van der Waals surface area contributed by atoms with E-state index in [9.17, 15) is 4.79 Å². The van der Waals surface area contributed by atoms with Crippen molar-refractivity contribution in [2.45, 2.75) is 56.7 Å². The van der Waals surface area contributed by atoms with E-state index in [2.05, 4.69) is 5.32 Å². The molecule has 2 unspecified atom stereocenters. The molecular weight excluding hydrogens is 192 g/mol. The largest absolute Gasteiger partial charge is 0.367 e. The van der Waals surface area contributed by atoms with E-state index >= 15 is 0 Å². The van der Waals surface area contributed by atoms with Gasteiger partial charge in [-0.15, -0.1) is 0 Å². The number of carbonyl (C=O) groups is 1. The third-order valence-electron chi connectivity index (χ3n) is 3.12. The second-order valence-corrected chi connectivity index (χ2v) is 4.64. The standard InChI is InChI=1S/C11H20N2O2/c12-9-3-1-2-4-10(9)15-7-11(14)13-8-5-6-8/h8-10H,1-7,12H2,(H,13,14). The predicted octanol–water partition coefficient (Wildman–Crippen LogP) is 0.551. The van der Waals surface area contributed by atoms with E-state index in [0.29, 0.717) is 6.04 Å². The van der Waals surface area contributed by atoms with Crippen LogP contribution in [0.3, 0.4) is 0 Å². The molecule has 0 aromatic rings. The van der Waals surface area contributed by atoms with Crippen LogP contribution in [0.25, 0.3) is 0 Å². The highest BCUT2D eigenvalue weighted by Gasteiger charge is 2.25. The lowest BCUT2D eigenvalue weighted by Crippen LogP contribution is -2.41. The van der Waals surface area contributed by atoms with Gasteiger partial charge in [-0.3, -0.25) is 4.79 Å². The molecule has 15 heavy (non-hydrogen) atoms. The van der Waals surface area contributed by atoms with Crippen molar-refractivity contribution in [3.63, 3.8) is 0 Å². The van der Waals surface area contributed by atoms with Gasteiger partial charge in [-0.25, -0.2) is 0 Å². The van der Waals surface area contributed by atoms with Crippen LogP contribution in [-0.4, -0.2) is 30.7 Å². The Morgan fingerprint density at radius 2 is 2.00 bits per heavy atom. The summed E-state index contributed by atoms with van der Waals surface area (Å²) >= 11 is 0. The van der Waals surface area contributed by atoms with Crippen LogP contribution < -0.4 is 11.1 Å². The van der Waals surface area contributed by atoms with Gasteiger partial charge in [0, 0.05) is 12.1 Å². The van der Waals surface area contributed by atoms with Crippen LogP contribution in [0.1, 0.15) is 38.5 Å². The molecule has 2 aliphatic carbocycles. The Bertz CT molecular complexity index is 229. The second kappa shape index (κ2) is 4.94. The number of amides is 1. The highest BCUT2D eigenvalue weighted by Crippen LogP contribution is 2.20. The molecule has 0 aromatic heterocycles. The highest BCUT2D eigenvalue weighted by molar-refractivity contribution is 5.77. The summed E-state index contributed by atoms with van der Waals surface area (Å²) in [6, 6.07) is 0.536. The average Bonchev–Trinajstić information content (AvgIpc) is 3.00. The molecule has 0 aromatic carbocycles. The van der Waals surface area contributed by atoms with E-state index in [0.717, 1.165) is 25.7 Å². The monoisotopic (exact) mass is 212 g/mol. The first-order chi connectivity index (χ1) is 7.25. The van der Waals surface area contributed by atoms with Crippen molar-refractivity contribution in [1.29, 1.82) is 0 Å². The number of nitrogens with one attached hydrogen (secondary N) is 1. The van der Waals surface area contributed by atoms with Gasteiger partial charge in [0.05, 0.1) is 6.10 Å². The zero-order valence-corrected chi connectivity index (χ0v) is 9.08. The summed E-state index contributed by atoms with van der Waals surface area (Å²) in [5.74, 6) is 0.00951. The molecule has 3 N–H and O–H groups in total. The van der Waals surface area contributed by atoms with E-state index in [1.165, 1.54) is 12.8 Å². The smallest absolute Gasteiger partial charge is 0.246 e. The van der Waals surface area contributed by atoms with Crippen LogP contribution in [-0.2, 0) is 9.53 Å². The number of rotatable bonds is 4. The Hall–Kier alpha value is -0.610. The minimum absolute atomic E-state index is 0.00951. The molecule has 1 amide bonds. The van der Waals surface area contributed by atoms with Gasteiger partial charge >= 0.3 is 0 Å². The summed E-state index contributed by atoms with van der Waals surface area (Å²) in [6.07, 6.45) is 6.71. The molecule has 0 spiro atoms. The fraction of sp³-hybridized carbons (Fsp3) is 0.909. The van der Waals surface area contributed by atoms with E-state index in [1.807, 2.05) is 0 Å². The normalized spacial score (nSPS) is 31.3. The van der Waals surface area contributed by atoms with Crippen molar-refractivity contribution in [2.75, 3.05) is 6.61 Å². The van der Waals surface area contributed by atoms with Crippen LogP contribution in [0.4, 0.5) is 0 Å². The van der Waals surface area contributed by atoms with Crippen molar-refractivity contribution in [3.8, 4) is 0 Å². The number of carbonyl (C=O) groups excluding carboxylic acids is 1. The lowest BCUT2D eigenvalue weighted by molar-refractivity contribution is -0.128. The molecule has 0 bridgehead atoms. The fourth-order valence-corrected chi connectivity index (χ4v) is 2.01. The summed E-state index contributed by atoms with van der Waals surface area (Å²) in [5, 5.41) is 2.90. The van der Waals surface area contributed by atoms with Gasteiger partial charge in [0.2, 0.25) is 5.91 Å². The molecule has 0 aliphatic heterocycles. The molecule has 2 saturated carbocycles. The maximum Gasteiger partial charge on any atom is 0.246 e. The Balaban J connectivity index is 1.64. The molecule has 86 valence electrons. The first-order valence-corrected chi connectivity index (χ1v) is 5.92. The number of hydrogen-bond donors (Lipinski definition) is 2. The molecule has 2 atom stereocenters. The average molecular weight is 212 g/mol. The summed E-state index contributed by atoms with van der Waals surface area (Å²) in [4.78, 5) is 11.4. The first kappa shape index (κ1) is 10.9. The molecule has 4 nitrogen and oxygen atoms in total. The molecular formula is C11H20N2O2. The zero-order chi connectivity index (χ0) is 10.7. The molecule has 0 saturated heterocycles. The van der Waals surface area contributed by atoms with E-state index in [-0.39, 0.29) is 24.7 Å². The maximum absolute atomic E-state index is 11.4. The molecule has 2 rings (SSSR count). The van der Waals surface area contributed by atoms with Gasteiger partial charge in [0.15, 0.2) is 0 Å². The molecule has 0 heterocycles. The van der Waals surface area contributed by atoms with E-state index in [1.54, 1.807) is 0 Å². The van der Waals surface area contributed by atoms with Crippen LogP contribution in [0.2, 0.25) is 0 Å². The van der Waals surface area contributed by atoms with Gasteiger partial charge in [0.25, 0.3) is 0 Å². The van der Waals surface area contributed by atoms with Gasteiger partial charge < -0.3 is 15.8 Å². The zero-order valence-electron chi connectivity index (χ0n) is 9.08. The molecule has 4 heteroatoms. The van der Waals surface area contributed by atoms with E-state index in [4.69, 9.17) is 10.5 Å². The minimum atomic E-state index is 0.00951. The van der Waals surface area contributed by atoms with Crippen LogP contribution in [0, 0.1) is 0 Å². The minimum Gasteiger partial charge on any atom is -0.367 e. The van der Waals surface area contributed by atoms with Crippen LogP contribution >= 0.6 is 0 Å². The summed E-state index contributed by atoms with van der Waals surface area (Å²) < 4.78 is 5.55. The third-order valence-corrected chi connectivity index (χ3v) is 3.12. The quantitative estimate of drug-likeness (QED) is 0.715. The molecule has 2 fully saturated rings. The van der Waals surface area contributed by atoms with Gasteiger partial charge in [-0.2, -0.15) is 0 Å². The molecule has 2 aliphatic rings. The predicted molar refractivity (Wildman–Crippen MR) is 57.3 cm³/mol. The highest BCUT2D eigenvalue weighted by atomic mass is 16.5. The Morgan fingerprint density at radius 1 is 1.27 bits per heavy atom. The van der Waals surface area contributed by atoms with Crippen molar-refractivity contribution < 1.29 is 9.53 Å². The van der Waals surface area contributed by atoms with Crippen LogP contribution in [0.5, 0.6) is 0 Å². The summed E-state index contributed by atoms with van der Waals surface area (Å²) in [7, 11) is 0. The maximum atomic E-state index is 11.4. The lowest BCUT2D eigenvalue weighted by atomic mass is 9.93. The van der Waals surface area contributed by atoms with E-state index < -0.39 is 0 Å². The third kappa shape index (κ3) is 3.47. The Labute approximate surface area is 90.5 Å². The topological polar surface area (TPSA) is 64.3 Å². The fourth-order valence-electron chi connectivity index (χ4n) is 2.01. The summed E-state index contributed by atoms with van der Waals surface area (Å²) in [5.41, 5.74) is 5.92. The van der Waals surface area contributed by atoms with Gasteiger partial charge in [0.1, 0.15) is 6.61 Å². The second-order valence-electron chi connectivity index (χ2n) is 4.64. The van der Waals surface area contributed by atoms with Crippen LogP contribution in [0.15, 0.2) is 0 Å². The number of nitrogens with two attached hydrogens (primary N) is 1. The SMILES string of the molecule is NC1CCCCC1OCC(=O)NC1CC1. The molecule has 0 radical (unpaired) electrons. The Kier molecular flexibility index (Phi) is 3.59. The van der Waals surface area contributed by atoms with Crippen molar-refractivity contribution in [3.05, 3.63) is 0 Å². The van der Waals surface area contributed by atoms with Crippen molar-refractivity contribution in [2.24, 2.45) is 5.73 Å². The summed E-state index contributed by atoms with van der Waals surface area (Å²) in [6.45, 7) is 0.175. The van der Waals surface area contributed by atoms with Crippen molar-refractivity contribution in [1.82, 2.24) is 5.32 Å². The number of ether oxygens (including phenoxy) is 1.